The van der Waals surface area contributed by atoms with Crippen LogP contribution in [0.15, 0.2) is 152 Å². The number of anilines is 7. The molecule has 7 aromatic rings. The van der Waals surface area contributed by atoms with Crippen molar-refractivity contribution < 1.29 is 0 Å². The maximum Gasteiger partial charge on any atom is 0.252 e. The molecule has 3 nitrogen and oxygen atoms in total. The Morgan fingerprint density at radius 2 is 1.16 bits per heavy atom. The summed E-state index contributed by atoms with van der Waals surface area (Å²) in [7, 11) is 0. The molecule has 0 saturated heterocycles. The fourth-order valence-electron chi connectivity index (χ4n) is 14.9. The molecule has 0 N–H and O–H groups in total. The SMILES string of the molecule is CC(C)(C)c1cccc(N2c3cc(C(C)(C)C)ccc3B3c4cccc5c4N(c4cc(N6c7ccccc7C7(c8ccccc8)CCCCC67C)cc2c43)C2(C)c3ccccc3CCC52C)c1. The summed E-state index contributed by atoms with van der Waals surface area (Å²) >= 11 is 0. The number of hydrogen-bond donors (Lipinski definition) is 0. The van der Waals surface area contributed by atoms with Crippen LogP contribution in [-0.2, 0) is 33.6 Å². The van der Waals surface area contributed by atoms with Crippen molar-refractivity contribution >= 4 is 62.9 Å². The van der Waals surface area contributed by atoms with Gasteiger partial charge in [0.25, 0.3) is 6.71 Å². The Morgan fingerprint density at radius 1 is 0.493 bits per heavy atom. The van der Waals surface area contributed by atoms with Crippen molar-refractivity contribution in [2.24, 2.45) is 0 Å². The van der Waals surface area contributed by atoms with Gasteiger partial charge in [0.2, 0.25) is 0 Å². The first-order valence-electron chi connectivity index (χ1n) is 25.3. The smallest absolute Gasteiger partial charge is 0.252 e. The highest BCUT2D eigenvalue weighted by molar-refractivity contribution is 7.00. The second kappa shape index (κ2) is 13.6. The second-order valence-electron chi connectivity index (χ2n) is 23.7. The van der Waals surface area contributed by atoms with Gasteiger partial charge in [-0.05, 0) is 142 Å². The summed E-state index contributed by atoms with van der Waals surface area (Å²) in [4.78, 5) is 8.43. The Bertz CT molecular complexity index is 3210. The summed E-state index contributed by atoms with van der Waals surface area (Å²) in [5.74, 6) is 0. The summed E-state index contributed by atoms with van der Waals surface area (Å²) in [5, 5.41) is 0. The predicted octanol–water partition coefficient (Wildman–Crippen LogP) is 13.9. The Balaban J connectivity index is 1.18. The quantitative estimate of drug-likeness (QED) is 0.164. The first kappa shape index (κ1) is 41.2. The Labute approximate surface area is 400 Å². The molecule has 0 spiro atoms. The minimum atomic E-state index is -0.323. The van der Waals surface area contributed by atoms with E-state index in [1.54, 1.807) is 0 Å². The lowest BCUT2D eigenvalue weighted by atomic mass is 9.33. The van der Waals surface area contributed by atoms with Crippen molar-refractivity contribution in [3.8, 4) is 0 Å². The maximum absolute atomic E-state index is 2.89. The molecule has 4 aliphatic heterocycles. The van der Waals surface area contributed by atoms with Gasteiger partial charge in [-0.15, -0.1) is 0 Å². The first-order chi connectivity index (χ1) is 32.1. The molecule has 4 heterocycles. The lowest BCUT2D eigenvalue weighted by Gasteiger charge is -2.54. The zero-order valence-electron chi connectivity index (χ0n) is 41.1. The number of benzene rings is 7. The lowest BCUT2D eigenvalue weighted by Crippen LogP contribution is -2.64. The third kappa shape index (κ3) is 5.15. The van der Waals surface area contributed by atoms with Crippen LogP contribution in [0.5, 0.6) is 0 Å². The van der Waals surface area contributed by atoms with E-state index >= 15 is 0 Å². The van der Waals surface area contributed by atoms with Crippen molar-refractivity contribution in [2.45, 2.75) is 134 Å². The van der Waals surface area contributed by atoms with Crippen LogP contribution in [0.25, 0.3) is 0 Å². The number of rotatable bonds is 3. The van der Waals surface area contributed by atoms with E-state index in [9.17, 15) is 0 Å². The summed E-state index contributed by atoms with van der Waals surface area (Å²) in [6.07, 6.45) is 6.86. The Kier molecular flexibility index (Phi) is 8.36. The molecule has 1 fully saturated rings. The molecule has 1 saturated carbocycles. The van der Waals surface area contributed by atoms with Crippen molar-refractivity contribution in [1.82, 2.24) is 0 Å². The van der Waals surface area contributed by atoms with E-state index in [4.69, 9.17) is 0 Å². The van der Waals surface area contributed by atoms with Crippen LogP contribution in [0.1, 0.15) is 133 Å². The van der Waals surface area contributed by atoms with Crippen molar-refractivity contribution in [3.05, 3.63) is 191 Å². The van der Waals surface area contributed by atoms with Crippen LogP contribution in [0.3, 0.4) is 0 Å². The van der Waals surface area contributed by atoms with Gasteiger partial charge in [-0.25, -0.2) is 0 Å². The normalized spacial score (nSPS) is 25.1. The topological polar surface area (TPSA) is 9.72 Å². The van der Waals surface area contributed by atoms with Gasteiger partial charge in [0.15, 0.2) is 0 Å². The molecule has 0 amide bonds. The number of nitrogens with zero attached hydrogens (tertiary/aromatic N) is 3. The van der Waals surface area contributed by atoms with Gasteiger partial charge < -0.3 is 14.7 Å². The molecule has 67 heavy (non-hydrogen) atoms. The highest BCUT2D eigenvalue weighted by atomic mass is 15.3. The largest absolute Gasteiger partial charge is 0.334 e. The zero-order valence-corrected chi connectivity index (χ0v) is 41.1. The highest BCUT2D eigenvalue weighted by Crippen LogP contribution is 2.67. The standard InChI is InChI=1S/C63H64BN3/c1-58(2,3)43-24-19-25-45(37-43)65-53-38-44(59(4,5)6)31-32-50(53)64-51-29-20-28-49-57(51)67(62(9)47-26-14-13-21-41(47)33-36-60(49,62)7)55-40-46(39-54(65)56(55)64)66-52-30-16-15-27-48(52)63(42-22-11-10-12-23-42)35-18-17-34-61(63,66)8/h10-16,19-32,37-40H,17-18,33-36H2,1-9H3. The minimum Gasteiger partial charge on any atom is -0.334 e. The van der Waals surface area contributed by atoms with Gasteiger partial charge in [0.1, 0.15) is 0 Å². The van der Waals surface area contributed by atoms with Crippen LogP contribution >= 0.6 is 0 Å². The van der Waals surface area contributed by atoms with Gasteiger partial charge in [-0.2, -0.15) is 0 Å². The summed E-state index contributed by atoms with van der Waals surface area (Å²) in [5.41, 5.74) is 22.7. The van der Waals surface area contributed by atoms with E-state index < -0.39 is 0 Å². The minimum absolute atomic E-state index is 0.0143. The third-order valence-corrected chi connectivity index (χ3v) is 18.5. The summed E-state index contributed by atoms with van der Waals surface area (Å²) in [6, 6.07) is 60.1. The molecule has 7 aromatic carbocycles. The van der Waals surface area contributed by atoms with E-state index in [1.165, 1.54) is 108 Å². The van der Waals surface area contributed by atoms with Crippen molar-refractivity contribution in [1.29, 1.82) is 0 Å². The Hall–Kier alpha value is -6.00. The molecular formula is C63H64BN3. The zero-order chi connectivity index (χ0) is 46.0. The van der Waals surface area contributed by atoms with E-state index in [0.29, 0.717) is 0 Å². The van der Waals surface area contributed by atoms with E-state index in [0.717, 1.165) is 25.7 Å². The van der Waals surface area contributed by atoms with Gasteiger partial charge in [0.05, 0.1) is 11.1 Å². The van der Waals surface area contributed by atoms with Gasteiger partial charge in [0, 0.05) is 50.6 Å². The van der Waals surface area contributed by atoms with Gasteiger partial charge in [-0.1, -0.05) is 177 Å². The molecular weight excluding hydrogens is 810 g/mol. The van der Waals surface area contributed by atoms with E-state index in [-0.39, 0.29) is 39.5 Å². The average Bonchev–Trinajstić information content (AvgIpc) is 3.70. The van der Waals surface area contributed by atoms with Gasteiger partial charge in [-0.3, -0.25) is 0 Å². The number of aryl methyl sites for hydroxylation is 1. The number of hydrogen-bond acceptors (Lipinski definition) is 3. The Morgan fingerprint density at radius 3 is 1.96 bits per heavy atom. The maximum atomic E-state index is 2.89. The lowest BCUT2D eigenvalue weighted by molar-refractivity contribution is 0.215. The molecule has 0 bridgehead atoms. The van der Waals surface area contributed by atoms with Crippen molar-refractivity contribution in [3.63, 3.8) is 0 Å². The molecule has 4 atom stereocenters. The molecule has 6 aliphatic rings. The molecule has 13 rings (SSSR count). The van der Waals surface area contributed by atoms with Crippen LogP contribution in [-0.4, -0.2) is 12.3 Å². The number of fused-ring (bicyclic) bond motifs is 12. The fourth-order valence-corrected chi connectivity index (χ4v) is 14.9. The van der Waals surface area contributed by atoms with Crippen LogP contribution in [0.2, 0.25) is 0 Å². The first-order valence-corrected chi connectivity index (χ1v) is 25.3. The molecule has 4 heteroatoms. The average molecular weight is 874 g/mol. The predicted molar refractivity (Wildman–Crippen MR) is 284 cm³/mol. The van der Waals surface area contributed by atoms with Gasteiger partial charge >= 0.3 is 0 Å². The summed E-state index contributed by atoms with van der Waals surface area (Å²) < 4.78 is 0. The monoisotopic (exact) mass is 874 g/mol. The van der Waals surface area contributed by atoms with Crippen LogP contribution in [0.4, 0.5) is 39.8 Å². The second-order valence-corrected chi connectivity index (χ2v) is 23.7. The van der Waals surface area contributed by atoms with E-state index in [2.05, 4.69) is 229 Å². The van der Waals surface area contributed by atoms with Crippen LogP contribution < -0.4 is 31.1 Å². The molecule has 0 radical (unpaired) electrons. The summed E-state index contributed by atoms with van der Waals surface area (Å²) in [6.45, 7) is 22.0. The molecule has 0 aromatic heterocycles. The fraction of sp³-hybridized carbons (Fsp3) is 0.333. The molecule has 4 unspecified atom stereocenters. The van der Waals surface area contributed by atoms with Crippen molar-refractivity contribution in [2.75, 3.05) is 14.7 Å². The van der Waals surface area contributed by atoms with E-state index in [1.807, 2.05) is 0 Å². The third-order valence-electron chi connectivity index (χ3n) is 18.5. The van der Waals surface area contributed by atoms with Crippen LogP contribution in [0, 0.1) is 0 Å². The molecule has 334 valence electrons. The molecule has 2 aliphatic carbocycles. The highest BCUT2D eigenvalue weighted by Gasteiger charge is 2.64. The number of para-hydroxylation sites is 2.